The fraction of sp³-hybridized carbons (Fsp3) is 0.667. The van der Waals surface area contributed by atoms with E-state index in [1.54, 1.807) is 0 Å². The van der Waals surface area contributed by atoms with E-state index in [2.05, 4.69) is 22.8 Å². The molecule has 5 rings (SSSR count). The predicted molar refractivity (Wildman–Crippen MR) is 97.1 cm³/mol. The number of hydrogen-bond acceptors (Lipinski definition) is 2. The second kappa shape index (κ2) is 6.87. The first-order valence-electron chi connectivity index (χ1n) is 9.85. The molecule has 1 aliphatic carbocycles. The third-order valence-corrected chi connectivity index (χ3v) is 6.46. The summed E-state index contributed by atoms with van der Waals surface area (Å²) in [6.07, 6.45) is 7.75. The molecule has 0 radical (unpaired) electrons. The molecule has 1 aromatic rings. The average molecular weight is 326 g/mol. The van der Waals surface area contributed by atoms with Gasteiger partial charge in [-0.1, -0.05) is 31.5 Å². The Kier molecular flexibility index (Phi) is 4.62. The summed E-state index contributed by atoms with van der Waals surface area (Å²) in [4.78, 5) is 18.0. The van der Waals surface area contributed by atoms with Crippen LogP contribution in [0.3, 0.4) is 0 Å². The van der Waals surface area contributed by atoms with Crippen LogP contribution in [0.15, 0.2) is 24.3 Å². The van der Waals surface area contributed by atoms with Crippen LogP contribution in [0.5, 0.6) is 0 Å². The van der Waals surface area contributed by atoms with Crippen molar-refractivity contribution in [1.29, 1.82) is 0 Å². The zero-order chi connectivity index (χ0) is 16.5. The molecule has 130 valence electrons. The van der Waals surface area contributed by atoms with Crippen molar-refractivity contribution in [2.45, 2.75) is 51.5 Å². The largest absolute Gasteiger partial charge is 0.337 e. The summed E-state index contributed by atoms with van der Waals surface area (Å²) in [5.74, 6) is 1.85. The van der Waals surface area contributed by atoms with Crippen molar-refractivity contribution in [2.75, 3.05) is 26.2 Å². The Morgan fingerprint density at radius 3 is 2.67 bits per heavy atom. The first-order chi connectivity index (χ1) is 11.7. The molecule has 4 aliphatic rings. The Morgan fingerprint density at radius 2 is 1.92 bits per heavy atom. The van der Waals surface area contributed by atoms with Gasteiger partial charge in [-0.2, -0.15) is 0 Å². The van der Waals surface area contributed by atoms with E-state index in [4.69, 9.17) is 0 Å². The summed E-state index contributed by atoms with van der Waals surface area (Å²) in [5.41, 5.74) is 2.11. The van der Waals surface area contributed by atoms with Crippen molar-refractivity contribution < 1.29 is 4.79 Å². The number of rotatable bonds is 4. The minimum absolute atomic E-state index is 0.259. The third-order valence-electron chi connectivity index (χ3n) is 6.46. The number of hydrogen-bond donors (Lipinski definition) is 0. The van der Waals surface area contributed by atoms with Gasteiger partial charge in [-0.15, -0.1) is 0 Å². The SMILES string of the molecule is CCc1ccccc1C(=O)N1C[C@@H]2CC[C@H](C1)N(CC1CCC1)C2. The maximum atomic E-state index is 13.2. The van der Waals surface area contributed by atoms with Crippen LogP contribution in [-0.4, -0.2) is 47.9 Å². The second-order valence-electron chi connectivity index (χ2n) is 8.07. The predicted octanol–water partition coefficient (Wildman–Crippen LogP) is 3.59. The smallest absolute Gasteiger partial charge is 0.254 e. The molecule has 1 aromatic carbocycles. The van der Waals surface area contributed by atoms with Crippen LogP contribution in [-0.2, 0) is 6.42 Å². The Hall–Kier alpha value is -1.35. The zero-order valence-electron chi connectivity index (χ0n) is 14.9. The number of carbonyl (C=O) groups excluding carboxylic acids is 1. The van der Waals surface area contributed by atoms with Crippen molar-refractivity contribution in [1.82, 2.24) is 9.80 Å². The first-order valence-corrected chi connectivity index (χ1v) is 9.85. The summed E-state index contributed by atoms with van der Waals surface area (Å²) in [5, 5.41) is 0. The molecule has 1 amide bonds. The highest BCUT2D eigenvalue weighted by Crippen LogP contribution is 2.33. The molecule has 3 saturated heterocycles. The van der Waals surface area contributed by atoms with E-state index in [9.17, 15) is 4.79 Å². The summed E-state index contributed by atoms with van der Waals surface area (Å²) in [6, 6.07) is 8.74. The van der Waals surface area contributed by atoms with E-state index >= 15 is 0 Å². The lowest BCUT2D eigenvalue weighted by atomic mass is 9.83. The van der Waals surface area contributed by atoms with Crippen molar-refractivity contribution in [3.63, 3.8) is 0 Å². The van der Waals surface area contributed by atoms with Crippen molar-refractivity contribution in [3.8, 4) is 0 Å². The van der Waals surface area contributed by atoms with E-state index < -0.39 is 0 Å². The quantitative estimate of drug-likeness (QED) is 0.844. The molecule has 3 heterocycles. The maximum absolute atomic E-state index is 13.2. The summed E-state index contributed by atoms with van der Waals surface area (Å²) in [7, 11) is 0. The van der Waals surface area contributed by atoms with Crippen LogP contribution in [0.4, 0.5) is 0 Å². The van der Waals surface area contributed by atoms with Gasteiger partial charge >= 0.3 is 0 Å². The summed E-state index contributed by atoms with van der Waals surface area (Å²) >= 11 is 0. The van der Waals surface area contributed by atoms with E-state index in [-0.39, 0.29) is 5.91 Å². The van der Waals surface area contributed by atoms with Gasteiger partial charge in [0.15, 0.2) is 0 Å². The molecule has 0 N–H and O–H groups in total. The number of nitrogens with zero attached hydrogens (tertiary/aromatic N) is 2. The summed E-state index contributed by atoms with van der Waals surface area (Å²) < 4.78 is 0. The van der Waals surface area contributed by atoms with Gasteiger partial charge in [0, 0.05) is 37.8 Å². The fourth-order valence-electron chi connectivity index (χ4n) is 4.78. The zero-order valence-corrected chi connectivity index (χ0v) is 14.9. The van der Waals surface area contributed by atoms with Gasteiger partial charge < -0.3 is 4.90 Å². The van der Waals surface area contributed by atoms with Crippen molar-refractivity contribution in [3.05, 3.63) is 35.4 Å². The van der Waals surface area contributed by atoms with Crippen molar-refractivity contribution >= 4 is 5.91 Å². The lowest BCUT2D eigenvalue weighted by Crippen LogP contribution is -2.47. The van der Waals surface area contributed by atoms with Crippen LogP contribution < -0.4 is 0 Å². The standard InChI is InChI=1S/C21H30N2O/c1-2-18-8-3-4-9-20(18)21(24)23-14-17-10-11-19(15-23)22(13-17)12-16-6-5-7-16/h3-4,8-9,16-17,19H,2,5-7,10-15H2,1H3/t17-,19-/m1/s1. The topological polar surface area (TPSA) is 23.6 Å². The Labute approximate surface area is 146 Å². The molecule has 4 fully saturated rings. The van der Waals surface area contributed by atoms with Crippen LogP contribution in [0.2, 0.25) is 0 Å². The van der Waals surface area contributed by atoms with Gasteiger partial charge in [0.05, 0.1) is 0 Å². The first kappa shape index (κ1) is 16.1. The van der Waals surface area contributed by atoms with Gasteiger partial charge in [0.1, 0.15) is 0 Å². The van der Waals surface area contributed by atoms with Gasteiger partial charge in [0.25, 0.3) is 5.91 Å². The normalized spacial score (nSPS) is 27.8. The highest BCUT2D eigenvalue weighted by molar-refractivity contribution is 5.95. The third kappa shape index (κ3) is 3.11. The van der Waals surface area contributed by atoms with Gasteiger partial charge in [0.2, 0.25) is 0 Å². The number of aryl methyl sites for hydroxylation is 1. The number of fused-ring (bicyclic) bond motifs is 4. The molecule has 0 aromatic heterocycles. The molecule has 24 heavy (non-hydrogen) atoms. The highest BCUT2D eigenvalue weighted by atomic mass is 16.2. The van der Waals surface area contributed by atoms with E-state index in [0.29, 0.717) is 12.0 Å². The highest BCUT2D eigenvalue weighted by Gasteiger charge is 2.38. The van der Waals surface area contributed by atoms with E-state index in [0.717, 1.165) is 31.0 Å². The molecular weight excluding hydrogens is 296 g/mol. The average Bonchev–Trinajstić information content (AvgIpc) is 2.89. The molecule has 2 atom stereocenters. The lowest BCUT2D eigenvalue weighted by Gasteiger charge is -2.40. The molecule has 2 bridgehead atoms. The summed E-state index contributed by atoms with van der Waals surface area (Å²) in [6.45, 7) is 6.50. The Bertz CT molecular complexity index is 595. The maximum Gasteiger partial charge on any atom is 0.254 e. The number of carbonyl (C=O) groups is 1. The molecule has 3 nitrogen and oxygen atoms in total. The minimum atomic E-state index is 0.259. The molecule has 0 unspecified atom stereocenters. The molecule has 1 saturated carbocycles. The van der Waals surface area contributed by atoms with Crippen LogP contribution in [0, 0.1) is 11.8 Å². The van der Waals surface area contributed by atoms with Gasteiger partial charge in [-0.05, 0) is 55.6 Å². The number of benzene rings is 1. The van der Waals surface area contributed by atoms with Crippen LogP contribution in [0.25, 0.3) is 0 Å². The number of amides is 1. The van der Waals surface area contributed by atoms with Gasteiger partial charge in [-0.25, -0.2) is 0 Å². The van der Waals surface area contributed by atoms with Crippen LogP contribution in [0.1, 0.15) is 54.9 Å². The molecule has 3 heteroatoms. The minimum Gasteiger partial charge on any atom is -0.337 e. The van der Waals surface area contributed by atoms with E-state index in [1.807, 2.05) is 18.2 Å². The molecule has 3 aliphatic heterocycles. The molecular formula is C21H30N2O. The van der Waals surface area contributed by atoms with Crippen molar-refractivity contribution in [2.24, 2.45) is 11.8 Å². The number of piperidine rings is 1. The van der Waals surface area contributed by atoms with Gasteiger partial charge in [-0.3, -0.25) is 9.69 Å². The Balaban J connectivity index is 1.49. The monoisotopic (exact) mass is 326 g/mol. The lowest BCUT2D eigenvalue weighted by molar-refractivity contribution is 0.0716. The second-order valence-corrected chi connectivity index (χ2v) is 8.07. The fourth-order valence-corrected chi connectivity index (χ4v) is 4.78. The van der Waals surface area contributed by atoms with E-state index in [1.165, 1.54) is 50.8 Å². The molecule has 0 spiro atoms. The Morgan fingerprint density at radius 1 is 1.08 bits per heavy atom. The van der Waals surface area contributed by atoms with Crippen LogP contribution >= 0.6 is 0 Å².